The summed E-state index contributed by atoms with van der Waals surface area (Å²) in [5.41, 5.74) is 5.96. The first-order chi connectivity index (χ1) is 8.82. The highest BCUT2D eigenvalue weighted by Gasteiger charge is 2.23. The SMILES string of the molecule is Cc1c(Br)cccc1C(=O)N[C@@H](CC(N)=O)C(=O)O. The first-order valence-corrected chi connectivity index (χ1v) is 6.19. The summed E-state index contributed by atoms with van der Waals surface area (Å²) in [6.45, 7) is 1.73. The van der Waals surface area contributed by atoms with Crippen LogP contribution in [-0.4, -0.2) is 28.9 Å². The van der Waals surface area contributed by atoms with Crippen molar-refractivity contribution in [1.29, 1.82) is 0 Å². The fraction of sp³-hybridized carbons (Fsp3) is 0.250. The van der Waals surface area contributed by atoms with Gasteiger partial charge < -0.3 is 16.2 Å². The maximum Gasteiger partial charge on any atom is 0.326 e. The van der Waals surface area contributed by atoms with E-state index in [0.717, 1.165) is 4.47 Å². The van der Waals surface area contributed by atoms with Crippen molar-refractivity contribution >= 4 is 33.7 Å². The topological polar surface area (TPSA) is 109 Å². The van der Waals surface area contributed by atoms with E-state index in [2.05, 4.69) is 21.2 Å². The second-order valence-corrected chi connectivity index (χ2v) is 4.80. The highest BCUT2D eigenvalue weighted by Crippen LogP contribution is 2.19. The molecule has 0 fully saturated rings. The average molecular weight is 329 g/mol. The molecule has 6 nitrogen and oxygen atoms in total. The third-order valence-electron chi connectivity index (χ3n) is 2.52. The second kappa shape index (κ2) is 6.33. The first-order valence-electron chi connectivity index (χ1n) is 5.40. The third kappa shape index (κ3) is 4.06. The van der Waals surface area contributed by atoms with E-state index in [1.54, 1.807) is 25.1 Å². The third-order valence-corrected chi connectivity index (χ3v) is 3.38. The van der Waals surface area contributed by atoms with Crippen LogP contribution in [0.4, 0.5) is 0 Å². The maximum atomic E-state index is 12.0. The Morgan fingerprint density at radius 1 is 1.42 bits per heavy atom. The van der Waals surface area contributed by atoms with Gasteiger partial charge >= 0.3 is 5.97 Å². The minimum atomic E-state index is -1.33. The molecule has 0 aliphatic rings. The van der Waals surface area contributed by atoms with Gasteiger partial charge in [-0.3, -0.25) is 9.59 Å². The lowest BCUT2D eigenvalue weighted by Crippen LogP contribution is -2.43. The second-order valence-electron chi connectivity index (χ2n) is 3.95. The zero-order chi connectivity index (χ0) is 14.6. The van der Waals surface area contributed by atoms with Crippen molar-refractivity contribution < 1.29 is 19.5 Å². The van der Waals surface area contributed by atoms with Crippen LogP contribution in [0.1, 0.15) is 22.3 Å². The number of rotatable bonds is 5. The standard InChI is InChI=1S/C12H13BrN2O4/c1-6-7(3-2-4-8(6)13)11(17)15-9(12(18)19)5-10(14)16/h2-4,9H,5H2,1H3,(H2,14,16)(H,15,17)(H,18,19)/t9-/m0/s1. The van der Waals surface area contributed by atoms with Gasteiger partial charge in [0.1, 0.15) is 6.04 Å². The van der Waals surface area contributed by atoms with Crippen molar-refractivity contribution in [2.24, 2.45) is 5.73 Å². The molecular weight excluding hydrogens is 316 g/mol. The van der Waals surface area contributed by atoms with Crippen LogP contribution in [0.5, 0.6) is 0 Å². The zero-order valence-corrected chi connectivity index (χ0v) is 11.7. The number of nitrogens with two attached hydrogens (primary N) is 1. The lowest BCUT2D eigenvalue weighted by atomic mass is 10.1. The smallest absolute Gasteiger partial charge is 0.326 e. The summed E-state index contributed by atoms with van der Waals surface area (Å²) in [5, 5.41) is 11.2. The summed E-state index contributed by atoms with van der Waals surface area (Å²) in [7, 11) is 0. The molecule has 0 aliphatic carbocycles. The van der Waals surface area contributed by atoms with Gasteiger partial charge in [0, 0.05) is 10.0 Å². The number of benzene rings is 1. The molecule has 2 amide bonds. The van der Waals surface area contributed by atoms with Gasteiger partial charge in [0.2, 0.25) is 5.91 Å². The van der Waals surface area contributed by atoms with Crippen molar-refractivity contribution in [3.05, 3.63) is 33.8 Å². The Bertz CT molecular complexity index is 530. The Labute approximate surface area is 118 Å². The molecule has 0 bridgehead atoms. The number of nitrogens with one attached hydrogen (secondary N) is 1. The molecule has 1 aromatic carbocycles. The number of carbonyl (C=O) groups is 3. The van der Waals surface area contributed by atoms with Gasteiger partial charge in [-0.15, -0.1) is 0 Å². The van der Waals surface area contributed by atoms with E-state index in [1.165, 1.54) is 0 Å². The van der Waals surface area contributed by atoms with Gasteiger partial charge in [0.15, 0.2) is 0 Å². The van der Waals surface area contributed by atoms with E-state index in [0.29, 0.717) is 11.1 Å². The Kier molecular flexibility index (Phi) is 5.05. The van der Waals surface area contributed by atoms with Gasteiger partial charge in [-0.1, -0.05) is 22.0 Å². The largest absolute Gasteiger partial charge is 0.480 e. The van der Waals surface area contributed by atoms with Crippen LogP contribution in [0.25, 0.3) is 0 Å². The van der Waals surface area contributed by atoms with Gasteiger partial charge in [-0.25, -0.2) is 4.79 Å². The van der Waals surface area contributed by atoms with Crippen LogP contribution in [0.15, 0.2) is 22.7 Å². The molecule has 0 aromatic heterocycles. The van der Waals surface area contributed by atoms with E-state index in [4.69, 9.17) is 10.8 Å². The van der Waals surface area contributed by atoms with Crippen molar-refractivity contribution in [2.45, 2.75) is 19.4 Å². The number of hydrogen-bond donors (Lipinski definition) is 3. The summed E-state index contributed by atoms with van der Waals surface area (Å²) in [5.74, 6) is -2.66. The van der Waals surface area contributed by atoms with Crippen molar-refractivity contribution in [1.82, 2.24) is 5.32 Å². The van der Waals surface area contributed by atoms with E-state index in [-0.39, 0.29) is 0 Å². The number of amides is 2. The van der Waals surface area contributed by atoms with Gasteiger partial charge in [-0.05, 0) is 24.6 Å². The van der Waals surface area contributed by atoms with E-state index in [9.17, 15) is 14.4 Å². The average Bonchev–Trinajstić information content (AvgIpc) is 2.31. The Morgan fingerprint density at radius 2 is 2.05 bits per heavy atom. The van der Waals surface area contributed by atoms with E-state index < -0.39 is 30.2 Å². The molecular formula is C12H13BrN2O4. The number of carboxylic acids is 1. The summed E-state index contributed by atoms with van der Waals surface area (Å²) in [4.78, 5) is 33.6. The molecule has 0 radical (unpaired) electrons. The normalized spacial score (nSPS) is 11.7. The lowest BCUT2D eigenvalue weighted by molar-refractivity contribution is -0.140. The number of carbonyl (C=O) groups excluding carboxylic acids is 2. The summed E-state index contributed by atoms with van der Waals surface area (Å²) < 4.78 is 0.738. The fourth-order valence-corrected chi connectivity index (χ4v) is 1.86. The van der Waals surface area contributed by atoms with Crippen LogP contribution in [0.2, 0.25) is 0 Å². The molecule has 102 valence electrons. The van der Waals surface area contributed by atoms with Crippen molar-refractivity contribution in [3.8, 4) is 0 Å². The molecule has 1 rings (SSSR count). The molecule has 0 spiro atoms. The summed E-state index contributed by atoms with van der Waals surface area (Å²) >= 11 is 3.28. The van der Waals surface area contributed by atoms with Crippen molar-refractivity contribution in [3.63, 3.8) is 0 Å². The minimum Gasteiger partial charge on any atom is -0.480 e. The van der Waals surface area contributed by atoms with Gasteiger partial charge in [0.05, 0.1) is 6.42 Å². The summed E-state index contributed by atoms with van der Waals surface area (Å²) in [6, 6.07) is 3.67. The van der Waals surface area contributed by atoms with Gasteiger partial charge in [0.25, 0.3) is 5.91 Å². The van der Waals surface area contributed by atoms with E-state index in [1.807, 2.05) is 0 Å². The zero-order valence-electron chi connectivity index (χ0n) is 10.1. The molecule has 4 N–H and O–H groups in total. The number of hydrogen-bond acceptors (Lipinski definition) is 3. The van der Waals surface area contributed by atoms with Gasteiger partial charge in [-0.2, -0.15) is 0 Å². The monoisotopic (exact) mass is 328 g/mol. The quantitative estimate of drug-likeness (QED) is 0.743. The maximum absolute atomic E-state index is 12.0. The molecule has 7 heteroatoms. The van der Waals surface area contributed by atoms with Crippen LogP contribution >= 0.6 is 15.9 Å². The Hall–Kier alpha value is -1.89. The minimum absolute atomic E-state index is 0.338. The predicted octanol–water partition coefficient (Wildman–Crippen LogP) is 0.816. The predicted molar refractivity (Wildman–Crippen MR) is 71.6 cm³/mol. The number of aliphatic carboxylic acids is 1. The fourth-order valence-electron chi connectivity index (χ4n) is 1.49. The van der Waals surface area contributed by atoms with Crippen LogP contribution < -0.4 is 11.1 Å². The molecule has 0 heterocycles. The lowest BCUT2D eigenvalue weighted by Gasteiger charge is -2.14. The van der Waals surface area contributed by atoms with Crippen LogP contribution in [0, 0.1) is 6.92 Å². The number of carboxylic acid groups (broad SMARTS) is 1. The first kappa shape index (κ1) is 15.2. The van der Waals surface area contributed by atoms with E-state index >= 15 is 0 Å². The number of primary amides is 1. The van der Waals surface area contributed by atoms with Crippen LogP contribution in [0.3, 0.4) is 0 Å². The number of halogens is 1. The molecule has 1 aromatic rings. The molecule has 19 heavy (non-hydrogen) atoms. The van der Waals surface area contributed by atoms with Crippen LogP contribution in [-0.2, 0) is 9.59 Å². The van der Waals surface area contributed by atoms with Crippen molar-refractivity contribution in [2.75, 3.05) is 0 Å². The molecule has 0 saturated carbocycles. The molecule has 1 atom stereocenters. The highest BCUT2D eigenvalue weighted by atomic mass is 79.9. The Morgan fingerprint density at radius 3 is 2.58 bits per heavy atom. The highest BCUT2D eigenvalue weighted by molar-refractivity contribution is 9.10. The Balaban J connectivity index is 2.91. The molecule has 0 aliphatic heterocycles. The summed E-state index contributed by atoms with van der Waals surface area (Å²) in [6.07, 6.45) is -0.450. The molecule has 0 unspecified atom stereocenters. The molecule has 0 saturated heterocycles.